The van der Waals surface area contributed by atoms with E-state index in [0.29, 0.717) is 34.2 Å². The maximum Gasteiger partial charge on any atom is 0.257 e. The van der Waals surface area contributed by atoms with E-state index in [1.54, 1.807) is 32.0 Å². The van der Waals surface area contributed by atoms with Gasteiger partial charge in [-0.15, -0.1) is 0 Å². The lowest BCUT2D eigenvalue weighted by Gasteiger charge is -2.15. The quantitative estimate of drug-likeness (QED) is 0.694. The topological polar surface area (TPSA) is 64.0 Å². The van der Waals surface area contributed by atoms with Crippen molar-refractivity contribution in [2.45, 2.75) is 26.8 Å². The number of halogens is 1. The van der Waals surface area contributed by atoms with Crippen molar-refractivity contribution in [1.29, 1.82) is 0 Å². The largest absolute Gasteiger partial charge is 0.354 e. The Labute approximate surface area is 169 Å². The first-order chi connectivity index (χ1) is 13.5. The first-order valence-corrected chi connectivity index (χ1v) is 9.48. The van der Waals surface area contributed by atoms with Crippen LogP contribution in [0.1, 0.15) is 16.8 Å². The molecule has 0 fully saturated rings. The summed E-state index contributed by atoms with van der Waals surface area (Å²) in [4.78, 5) is 29.8. The highest BCUT2D eigenvalue weighted by Gasteiger charge is 2.16. The minimum Gasteiger partial charge on any atom is -0.354 e. The Morgan fingerprint density at radius 3 is 2.57 bits per heavy atom. The van der Waals surface area contributed by atoms with E-state index in [9.17, 15) is 9.59 Å². The zero-order valence-electron chi connectivity index (χ0n) is 15.9. The molecule has 0 atom stereocenters. The molecule has 0 spiro atoms. The van der Waals surface area contributed by atoms with E-state index < -0.39 is 0 Å². The summed E-state index contributed by atoms with van der Waals surface area (Å²) >= 11 is 6.10. The highest BCUT2D eigenvalue weighted by atomic mass is 35.5. The third-order valence-corrected chi connectivity index (χ3v) is 4.84. The molecule has 0 aliphatic carbocycles. The molecule has 144 valence electrons. The maximum atomic E-state index is 12.8. The molecule has 6 heteroatoms. The normalized spacial score (nSPS) is 10.7. The molecule has 1 N–H and O–H groups in total. The number of carbonyl (C=O) groups excluding carboxylic acids is 1. The van der Waals surface area contributed by atoms with Crippen LogP contribution in [0.25, 0.3) is 11.4 Å². The second-order valence-corrected chi connectivity index (χ2v) is 7.07. The van der Waals surface area contributed by atoms with Gasteiger partial charge in [-0.1, -0.05) is 54.1 Å². The first kappa shape index (κ1) is 19.8. The monoisotopic (exact) mass is 395 g/mol. The van der Waals surface area contributed by atoms with Crippen molar-refractivity contribution in [1.82, 2.24) is 14.9 Å². The van der Waals surface area contributed by atoms with Crippen LogP contribution in [-0.2, 0) is 17.8 Å². The summed E-state index contributed by atoms with van der Waals surface area (Å²) in [6.07, 6.45) is 0.730. The summed E-state index contributed by atoms with van der Waals surface area (Å²) in [7, 11) is 0. The lowest BCUT2D eigenvalue weighted by atomic mass is 10.1. The molecule has 0 unspecified atom stereocenters. The second-order valence-electron chi connectivity index (χ2n) is 6.63. The average molecular weight is 396 g/mol. The predicted octanol–water partition coefficient (Wildman–Crippen LogP) is 3.54. The standard InChI is InChI=1S/C22H22ClN3O2/c1-15-16(2)25-21(18-9-6-10-19(23)13-18)26(22(15)28)14-20(27)24-12-11-17-7-4-3-5-8-17/h3-10,13H,11-12,14H2,1-2H3,(H,24,27). The van der Waals surface area contributed by atoms with E-state index in [0.717, 1.165) is 12.0 Å². The third-order valence-electron chi connectivity index (χ3n) is 4.60. The molecule has 28 heavy (non-hydrogen) atoms. The van der Waals surface area contributed by atoms with Crippen molar-refractivity contribution >= 4 is 17.5 Å². The number of aryl methyl sites for hydroxylation is 1. The van der Waals surface area contributed by atoms with Crippen molar-refractivity contribution < 1.29 is 4.79 Å². The van der Waals surface area contributed by atoms with E-state index in [2.05, 4.69) is 10.3 Å². The summed E-state index contributed by atoms with van der Waals surface area (Å²) in [5, 5.41) is 3.42. The molecule has 0 aliphatic heterocycles. The molecule has 2 aromatic carbocycles. The maximum absolute atomic E-state index is 12.8. The van der Waals surface area contributed by atoms with Gasteiger partial charge in [-0.2, -0.15) is 0 Å². The Hall–Kier alpha value is -2.92. The van der Waals surface area contributed by atoms with Crippen LogP contribution in [0.3, 0.4) is 0 Å². The van der Waals surface area contributed by atoms with Gasteiger partial charge >= 0.3 is 0 Å². The molecule has 1 heterocycles. The molecule has 0 saturated heterocycles. The number of amides is 1. The Kier molecular flexibility index (Phi) is 6.26. The summed E-state index contributed by atoms with van der Waals surface area (Å²) in [6.45, 7) is 3.91. The predicted molar refractivity (Wildman–Crippen MR) is 112 cm³/mol. The van der Waals surface area contributed by atoms with Crippen molar-refractivity contribution in [3.05, 3.63) is 86.8 Å². The summed E-state index contributed by atoms with van der Waals surface area (Å²) in [5.74, 6) is 0.208. The van der Waals surface area contributed by atoms with Crippen LogP contribution in [0, 0.1) is 13.8 Å². The van der Waals surface area contributed by atoms with Crippen LogP contribution in [0.2, 0.25) is 5.02 Å². The van der Waals surface area contributed by atoms with Crippen LogP contribution in [0.4, 0.5) is 0 Å². The average Bonchev–Trinajstić information content (AvgIpc) is 2.69. The highest BCUT2D eigenvalue weighted by Crippen LogP contribution is 2.21. The SMILES string of the molecule is Cc1nc(-c2cccc(Cl)c2)n(CC(=O)NCCc2ccccc2)c(=O)c1C. The summed E-state index contributed by atoms with van der Waals surface area (Å²) in [6, 6.07) is 17.0. The van der Waals surface area contributed by atoms with Gasteiger partial charge in [0.2, 0.25) is 5.91 Å². The molecule has 0 bridgehead atoms. The van der Waals surface area contributed by atoms with Gasteiger partial charge in [0.25, 0.3) is 5.56 Å². The number of benzene rings is 2. The van der Waals surface area contributed by atoms with Crippen molar-refractivity contribution in [2.75, 3.05) is 6.54 Å². The molecule has 0 radical (unpaired) electrons. The number of carbonyl (C=O) groups is 1. The number of nitrogens with one attached hydrogen (secondary N) is 1. The number of nitrogens with zero attached hydrogens (tertiary/aromatic N) is 2. The molecular formula is C22H22ClN3O2. The van der Waals surface area contributed by atoms with Crippen LogP contribution >= 0.6 is 11.6 Å². The minimum atomic E-state index is -0.230. The molecule has 0 saturated carbocycles. The fourth-order valence-corrected chi connectivity index (χ4v) is 3.13. The van der Waals surface area contributed by atoms with Gasteiger partial charge in [0.05, 0.1) is 0 Å². The Morgan fingerprint density at radius 1 is 1.11 bits per heavy atom. The van der Waals surface area contributed by atoms with Crippen LogP contribution in [0.5, 0.6) is 0 Å². The Balaban J connectivity index is 1.81. The van der Waals surface area contributed by atoms with Crippen molar-refractivity contribution in [2.24, 2.45) is 0 Å². The molecule has 1 amide bonds. The van der Waals surface area contributed by atoms with Gasteiger partial charge in [0.15, 0.2) is 0 Å². The number of rotatable bonds is 6. The smallest absolute Gasteiger partial charge is 0.257 e. The van der Waals surface area contributed by atoms with Gasteiger partial charge in [0.1, 0.15) is 12.4 Å². The fraction of sp³-hybridized carbons (Fsp3) is 0.227. The number of hydrogen-bond acceptors (Lipinski definition) is 3. The molecule has 3 aromatic rings. The molecule has 3 rings (SSSR count). The minimum absolute atomic E-state index is 0.0937. The van der Waals surface area contributed by atoms with Crippen LogP contribution in [-0.4, -0.2) is 22.0 Å². The molecule has 0 aliphatic rings. The van der Waals surface area contributed by atoms with E-state index in [1.165, 1.54) is 4.57 Å². The zero-order valence-corrected chi connectivity index (χ0v) is 16.7. The van der Waals surface area contributed by atoms with Crippen molar-refractivity contribution in [3.8, 4) is 11.4 Å². The molecule has 5 nitrogen and oxygen atoms in total. The van der Waals surface area contributed by atoms with E-state index in [1.807, 2.05) is 36.4 Å². The van der Waals surface area contributed by atoms with E-state index >= 15 is 0 Å². The lowest BCUT2D eigenvalue weighted by molar-refractivity contribution is -0.121. The Morgan fingerprint density at radius 2 is 1.86 bits per heavy atom. The van der Waals surface area contributed by atoms with Gasteiger partial charge in [-0.25, -0.2) is 4.98 Å². The highest BCUT2D eigenvalue weighted by molar-refractivity contribution is 6.30. The van der Waals surface area contributed by atoms with Crippen LogP contribution < -0.4 is 10.9 Å². The van der Waals surface area contributed by atoms with Crippen LogP contribution in [0.15, 0.2) is 59.4 Å². The second kappa shape index (κ2) is 8.85. The lowest BCUT2D eigenvalue weighted by Crippen LogP contribution is -2.35. The molecule has 1 aromatic heterocycles. The summed E-state index contributed by atoms with van der Waals surface area (Å²) < 4.78 is 1.41. The van der Waals surface area contributed by atoms with E-state index in [-0.39, 0.29) is 18.0 Å². The van der Waals surface area contributed by atoms with Gasteiger partial charge < -0.3 is 5.32 Å². The Bertz CT molecular complexity index is 1050. The van der Waals surface area contributed by atoms with Gasteiger partial charge in [-0.3, -0.25) is 14.2 Å². The number of aromatic nitrogens is 2. The first-order valence-electron chi connectivity index (χ1n) is 9.10. The zero-order chi connectivity index (χ0) is 20.1. The van der Waals surface area contributed by atoms with Gasteiger partial charge in [-0.05, 0) is 38.0 Å². The molecular weight excluding hydrogens is 374 g/mol. The number of hydrogen-bond donors (Lipinski definition) is 1. The van der Waals surface area contributed by atoms with Crippen molar-refractivity contribution in [3.63, 3.8) is 0 Å². The summed E-state index contributed by atoms with van der Waals surface area (Å²) in [5.41, 5.74) is 2.79. The van der Waals surface area contributed by atoms with E-state index in [4.69, 9.17) is 11.6 Å². The van der Waals surface area contributed by atoms with Gasteiger partial charge in [0, 0.05) is 28.4 Å². The third kappa shape index (κ3) is 4.67. The fourth-order valence-electron chi connectivity index (χ4n) is 2.94.